The van der Waals surface area contributed by atoms with E-state index in [2.05, 4.69) is 6.92 Å². The van der Waals surface area contributed by atoms with Crippen molar-refractivity contribution in [2.24, 2.45) is 0 Å². The first kappa shape index (κ1) is 12.8. The molecule has 0 heterocycles. The first-order chi connectivity index (χ1) is 6.70. The molecule has 14 heavy (non-hydrogen) atoms. The van der Waals surface area contributed by atoms with E-state index in [1.54, 1.807) is 6.92 Å². The molecular formula is C10H17NO3. The maximum absolute atomic E-state index is 10.9. The third kappa shape index (κ3) is 7.49. The lowest BCUT2D eigenvalue weighted by molar-refractivity contribution is -0.121. The van der Waals surface area contributed by atoms with E-state index in [0.717, 1.165) is 18.4 Å². The Kier molecular flexibility index (Phi) is 7.74. The fourth-order valence-electron chi connectivity index (χ4n) is 0.845. The second-order valence-corrected chi connectivity index (χ2v) is 3.02. The molecule has 4 nitrogen and oxygen atoms in total. The lowest BCUT2D eigenvalue weighted by atomic mass is 10.3. The molecule has 0 aliphatic heterocycles. The lowest BCUT2D eigenvalue weighted by Gasteiger charge is -2.02. The van der Waals surface area contributed by atoms with Crippen LogP contribution in [0.4, 0.5) is 0 Å². The smallest absolute Gasteiger partial charge is 0.250 e. The van der Waals surface area contributed by atoms with Crippen LogP contribution in [0.25, 0.3) is 0 Å². The third-order valence-corrected chi connectivity index (χ3v) is 1.55. The molecular weight excluding hydrogens is 182 g/mol. The Balaban J connectivity index is 3.65. The zero-order chi connectivity index (χ0) is 10.8. The quantitative estimate of drug-likeness (QED) is 0.378. The fourth-order valence-corrected chi connectivity index (χ4v) is 0.845. The zero-order valence-electron chi connectivity index (χ0n) is 8.71. The molecule has 0 aromatic rings. The molecule has 0 atom stereocenters. The molecule has 4 heteroatoms. The van der Waals surface area contributed by atoms with Gasteiger partial charge in [-0.2, -0.15) is 0 Å². The van der Waals surface area contributed by atoms with Gasteiger partial charge in [-0.15, -0.1) is 0 Å². The molecule has 0 saturated heterocycles. The first-order valence-corrected chi connectivity index (χ1v) is 4.69. The summed E-state index contributed by atoms with van der Waals surface area (Å²) in [7, 11) is 0. The monoisotopic (exact) mass is 199 g/mol. The first-order valence-electron chi connectivity index (χ1n) is 4.69. The number of carbonyl (C=O) groups is 2. The Hall–Kier alpha value is -1.16. The molecule has 0 rings (SSSR count). The number of nitrogens with one attached hydrogen (secondary N) is 1. The summed E-state index contributed by atoms with van der Waals surface area (Å²) in [5.41, 5.74) is 0.806. The Morgan fingerprint density at radius 1 is 1.50 bits per heavy atom. The summed E-state index contributed by atoms with van der Waals surface area (Å²) in [4.78, 5) is 20.8. The highest BCUT2D eigenvalue weighted by Gasteiger charge is 1.96. The molecule has 2 amide bonds. The average molecular weight is 199 g/mol. The summed E-state index contributed by atoms with van der Waals surface area (Å²) in [6, 6.07) is 0. The summed E-state index contributed by atoms with van der Waals surface area (Å²) in [5.74, 6) is -0.406. The van der Waals surface area contributed by atoms with E-state index in [4.69, 9.17) is 4.74 Å². The number of ether oxygens (including phenoxy) is 1. The van der Waals surface area contributed by atoms with E-state index < -0.39 is 5.91 Å². The summed E-state index contributed by atoms with van der Waals surface area (Å²) in [6.07, 6.45) is 3.84. The van der Waals surface area contributed by atoms with Gasteiger partial charge < -0.3 is 4.74 Å². The molecule has 0 aromatic heterocycles. The molecule has 0 aliphatic rings. The van der Waals surface area contributed by atoms with Crippen molar-refractivity contribution in [1.29, 1.82) is 0 Å². The molecule has 0 aromatic carbocycles. The number of amides is 2. The van der Waals surface area contributed by atoms with E-state index >= 15 is 0 Å². The lowest BCUT2D eigenvalue weighted by Crippen LogP contribution is -2.19. The van der Waals surface area contributed by atoms with Crippen LogP contribution in [0.5, 0.6) is 0 Å². The predicted molar refractivity (Wildman–Crippen MR) is 53.7 cm³/mol. The molecule has 0 bridgehead atoms. The van der Waals surface area contributed by atoms with Gasteiger partial charge in [0.15, 0.2) is 0 Å². The van der Waals surface area contributed by atoms with E-state index in [0.29, 0.717) is 19.6 Å². The Bertz CT molecular complexity index is 211. The number of unbranched alkanes of at least 4 members (excludes halogenated alkanes) is 1. The van der Waals surface area contributed by atoms with Crippen molar-refractivity contribution in [3.8, 4) is 0 Å². The molecule has 0 radical (unpaired) electrons. The van der Waals surface area contributed by atoms with Gasteiger partial charge in [0.2, 0.25) is 12.3 Å². The van der Waals surface area contributed by atoms with Gasteiger partial charge in [0.05, 0.1) is 6.61 Å². The maximum Gasteiger partial charge on any atom is 0.250 e. The van der Waals surface area contributed by atoms with Gasteiger partial charge in [0.25, 0.3) is 0 Å². The van der Waals surface area contributed by atoms with Crippen molar-refractivity contribution in [2.75, 3.05) is 13.2 Å². The minimum atomic E-state index is -0.406. The predicted octanol–water partition coefficient (Wildman–Crippen LogP) is 1.02. The van der Waals surface area contributed by atoms with Crippen molar-refractivity contribution >= 4 is 12.3 Å². The molecule has 80 valence electrons. The summed E-state index contributed by atoms with van der Waals surface area (Å²) >= 11 is 0. The minimum Gasteiger partial charge on any atom is -0.377 e. The van der Waals surface area contributed by atoms with Crippen LogP contribution in [0.15, 0.2) is 11.6 Å². The van der Waals surface area contributed by atoms with Crippen LogP contribution < -0.4 is 5.32 Å². The number of hydrogen-bond acceptors (Lipinski definition) is 3. The standard InChI is InChI=1S/C10H17NO3/c1-3-4-5-14-7-9(2)6-10(13)11-8-12/h6,8H,3-5,7H2,1-2H3,(H,11,12,13). The maximum atomic E-state index is 10.9. The number of carbonyl (C=O) groups excluding carboxylic acids is 2. The van der Waals surface area contributed by atoms with Crippen LogP contribution in [0.2, 0.25) is 0 Å². The Morgan fingerprint density at radius 3 is 2.79 bits per heavy atom. The SMILES string of the molecule is CCCCOCC(C)=CC(=O)NC=O. The van der Waals surface area contributed by atoms with Crippen LogP contribution in [0.3, 0.4) is 0 Å². The van der Waals surface area contributed by atoms with Crippen molar-refractivity contribution in [3.05, 3.63) is 11.6 Å². The summed E-state index contributed by atoms with van der Waals surface area (Å²) < 4.78 is 5.28. The Morgan fingerprint density at radius 2 is 2.21 bits per heavy atom. The van der Waals surface area contributed by atoms with Crippen LogP contribution >= 0.6 is 0 Å². The van der Waals surface area contributed by atoms with Gasteiger partial charge >= 0.3 is 0 Å². The minimum absolute atomic E-state index is 0.365. The van der Waals surface area contributed by atoms with E-state index in [1.807, 2.05) is 5.32 Å². The number of rotatable bonds is 7. The highest BCUT2D eigenvalue weighted by molar-refractivity contribution is 5.94. The van der Waals surface area contributed by atoms with Gasteiger partial charge in [0.1, 0.15) is 0 Å². The molecule has 0 aliphatic carbocycles. The highest BCUT2D eigenvalue weighted by Crippen LogP contribution is 1.95. The molecule has 0 saturated carbocycles. The van der Waals surface area contributed by atoms with Crippen LogP contribution in [-0.2, 0) is 14.3 Å². The number of imide groups is 1. The van der Waals surface area contributed by atoms with Crippen molar-refractivity contribution in [2.45, 2.75) is 26.7 Å². The summed E-state index contributed by atoms with van der Waals surface area (Å²) in [6.45, 7) is 5.02. The largest absolute Gasteiger partial charge is 0.377 e. The third-order valence-electron chi connectivity index (χ3n) is 1.55. The molecule has 0 fully saturated rings. The normalized spacial score (nSPS) is 11.1. The second-order valence-electron chi connectivity index (χ2n) is 3.02. The van der Waals surface area contributed by atoms with Gasteiger partial charge in [-0.25, -0.2) is 0 Å². The Labute approximate surface area is 84.3 Å². The van der Waals surface area contributed by atoms with Gasteiger partial charge in [-0.05, 0) is 18.9 Å². The van der Waals surface area contributed by atoms with E-state index in [-0.39, 0.29) is 0 Å². The molecule has 0 unspecified atom stereocenters. The van der Waals surface area contributed by atoms with Crippen molar-refractivity contribution in [1.82, 2.24) is 5.32 Å². The van der Waals surface area contributed by atoms with Gasteiger partial charge in [0, 0.05) is 12.7 Å². The molecule has 1 N–H and O–H groups in total. The van der Waals surface area contributed by atoms with Gasteiger partial charge in [-0.3, -0.25) is 14.9 Å². The zero-order valence-corrected chi connectivity index (χ0v) is 8.71. The topological polar surface area (TPSA) is 55.4 Å². The van der Waals surface area contributed by atoms with Crippen molar-refractivity contribution in [3.63, 3.8) is 0 Å². The van der Waals surface area contributed by atoms with E-state index in [9.17, 15) is 9.59 Å². The highest BCUT2D eigenvalue weighted by atomic mass is 16.5. The van der Waals surface area contributed by atoms with Gasteiger partial charge in [-0.1, -0.05) is 13.3 Å². The second kappa shape index (κ2) is 8.44. The van der Waals surface area contributed by atoms with Crippen LogP contribution in [0.1, 0.15) is 26.7 Å². The van der Waals surface area contributed by atoms with E-state index in [1.165, 1.54) is 6.08 Å². The number of hydrogen-bond donors (Lipinski definition) is 1. The van der Waals surface area contributed by atoms with Crippen molar-refractivity contribution < 1.29 is 14.3 Å². The molecule has 0 spiro atoms. The van der Waals surface area contributed by atoms with Crippen LogP contribution in [0, 0.1) is 0 Å². The van der Waals surface area contributed by atoms with Crippen LogP contribution in [-0.4, -0.2) is 25.5 Å². The average Bonchev–Trinajstić information content (AvgIpc) is 2.13. The fraction of sp³-hybridized carbons (Fsp3) is 0.600. The summed E-state index contributed by atoms with van der Waals surface area (Å²) in [5, 5.41) is 2.03.